The van der Waals surface area contributed by atoms with Crippen molar-refractivity contribution in [1.82, 2.24) is 10.2 Å². The zero-order valence-corrected chi connectivity index (χ0v) is 14.2. The van der Waals surface area contributed by atoms with Crippen molar-refractivity contribution >= 4 is 41.5 Å². The number of carbonyl (C=O) groups excluding carboxylic acids is 1. The number of hydrogen-bond acceptors (Lipinski definition) is 3. The van der Waals surface area contributed by atoms with Gasteiger partial charge in [-0.2, -0.15) is 0 Å². The van der Waals surface area contributed by atoms with E-state index in [2.05, 4.69) is 5.32 Å². The highest BCUT2D eigenvalue weighted by molar-refractivity contribution is 6.35. The summed E-state index contributed by atoms with van der Waals surface area (Å²) in [7, 11) is 1.64. The number of nitrogens with one attached hydrogen (secondary N) is 1. The summed E-state index contributed by atoms with van der Waals surface area (Å²) in [4.78, 5) is 13.9. The smallest absolute Gasteiger partial charge is 0.236 e. The van der Waals surface area contributed by atoms with E-state index in [0.717, 1.165) is 17.5 Å². The van der Waals surface area contributed by atoms with Gasteiger partial charge in [-0.3, -0.25) is 4.79 Å². The topological polar surface area (TPSA) is 41.6 Å². The van der Waals surface area contributed by atoms with Gasteiger partial charge in [-0.25, -0.2) is 0 Å². The zero-order chi connectivity index (χ0) is 14.5. The lowest BCUT2D eigenvalue weighted by Gasteiger charge is -2.29. The Hall–Kier alpha value is -0.520. The minimum Gasteiger partial charge on any atom is -0.383 e. The Bertz CT molecular complexity index is 497. The molecular formula is C14H19Cl3N2O2. The SMILES string of the molecule is COCCNCC(=O)N1CCc2cc(Cl)cc(Cl)c2C1.Cl. The average molecular weight is 354 g/mol. The number of rotatable bonds is 5. The van der Waals surface area contributed by atoms with Crippen LogP contribution in [-0.4, -0.2) is 44.2 Å². The maximum absolute atomic E-state index is 12.1. The number of methoxy groups -OCH3 is 1. The van der Waals surface area contributed by atoms with Gasteiger partial charge in [0.25, 0.3) is 0 Å². The molecule has 0 radical (unpaired) electrons. The molecule has 0 atom stereocenters. The second-order valence-electron chi connectivity index (χ2n) is 4.76. The molecule has 1 aromatic carbocycles. The predicted octanol–water partition coefficient (Wildman–Crippen LogP) is 2.54. The monoisotopic (exact) mass is 352 g/mol. The molecule has 0 spiro atoms. The van der Waals surface area contributed by atoms with Gasteiger partial charge >= 0.3 is 0 Å². The lowest BCUT2D eigenvalue weighted by atomic mass is 9.99. The molecule has 1 heterocycles. The molecule has 1 N–H and O–H groups in total. The summed E-state index contributed by atoms with van der Waals surface area (Å²) in [6.07, 6.45) is 0.791. The van der Waals surface area contributed by atoms with Crippen molar-refractivity contribution in [2.75, 3.05) is 33.4 Å². The fraction of sp³-hybridized carbons (Fsp3) is 0.500. The van der Waals surface area contributed by atoms with Crippen LogP contribution in [0.2, 0.25) is 10.0 Å². The Morgan fingerprint density at radius 2 is 2.19 bits per heavy atom. The second kappa shape index (κ2) is 8.81. The molecule has 0 bridgehead atoms. The molecule has 21 heavy (non-hydrogen) atoms. The van der Waals surface area contributed by atoms with Crippen LogP contribution >= 0.6 is 35.6 Å². The lowest BCUT2D eigenvalue weighted by molar-refractivity contribution is -0.131. The van der Waals surface area contributed by atoms with E-state index in [1.807, 2.05) is 11.0 Å². The van der Waals surface area contributed by atoms with Crippen LogP contribution in [0.25, 0.3) is 0 Å². The van der Waals surface area contributed by atoms with Gasteiger partial charge in [-0.05, 0) is 29.7 Å². The zero-order valence-electron chi connectivity index (χ0n) is 11.8. The molecule has 2 rings (SSSR count). The van der Waals surface area contributed by atoms with Crippen LogP contribution in [0.4, 0.5) is 0 Å². The molecule has 1 amide bonds. The Kier molecular flexibility index (Phi) is 7.77. The number of carbonyl (C=O) groups is 1. The summed E-state index contributed by atoms with van der Waals surface area (Å²) in [6, 6.07) is 3.66. The third-order valence-electron chi connectivity index (χ3n) is 3.36. The Morgan fingerprint density at radius 3 is 2.90 bits per heavy atom. The van der Waals surface area contributed by atoms with E-state index < -0.39 is 0 Å². The summed E-state index contributed by atoms with van der Waals surface area (Å²) in [5, 5.41) is 4.35. The first-order valence-electron chi connectivity index (χ1n) is 6.56. The van der Waals surface area contributed by atoms with Crippen LogP contribution in [0, 0.1) is 0 Å². The van der Waals surface area contributed by atoms with Crippen LogP contribution in [0.15, 0.2) is 12.1 Å². The minimum absolute atomic E-state index is 0. The van der Waals surface area contributed by atoms with E-state index in [4.69, 9.17) is 27.9 Å². The standard InChI is InChI=1S/C14H18Cl2N2O2.ClH/c1-20-5-3-17-8-14(19)18-4-2-10-6-11(15)7-13(16)12(10)9-18;/h6-7,17H,2-5,8-9H2,1H3;1H. The summed E-state index contributed by atoms with van der Waals surface area (Å²) in [6.45, 7) is 2.85. The quantitative estimate of drug-likeness (QED) is 0.827. The molecule has 1 aromatic rings. The van der Waals surface area contributed by atoms with E-state index in [9.17, 15) is 4.79 Å². The van der Waals surface area contributed by atoms with Crippen molar-refractivity contribution in [3.05, 3.63) is 33.3 Å². The molecule has 0 unspecified atom stereocenters. The molecule has 7 heteroatoms. The summed E-state index contributed by atoms with van der Waals surface area (Å²) >= 11 is 12.2. The molecule has 4 nitrogen and oxygen atoms in total. The molecule has 0 saturated carbocycles. The highest BCUT2D eigenvalue weighted by Gasteiger charge is 2.22. The van der Waals surface area contributed by atoms with Crippen molar-refractivity contribution in [1.29, 1.82) is 0 Å². The first-order valence-corrected chi connectivity index (χ1v) is 7.31. The molecule has 0 aliphatic carbocycles. The number of hydrogen-bond donors (Lipinski definition) is 1. The van der Waals surface area contributed by atoms with Gasteiger partial charge < -0.3 is 15.0 Å². The summed E-state index contributed by atoms with van der Waals surface area (Å²) < 4.78 is 4.93. The number of nitrogens with zero attached hydrogens (tertiary/aromatic N) is 1. The van der Waals surface area contributed by atoms with Gasteiger partial charge in [0.1, 0.15) is 0 Å². The first kappa shape index (κ1) is 18.5. The van der Waals surface area contributed by atoms with Crippen molar-refractivity contribution < 1.29 is 9.53 Å². The average Bonchev–Trinajstić information content (AvgIpc) is 2.43. The van der Waals surface area contributed by atoms with E-state index >= 15 is 0 Å². The molecule has 0 fully saturated rings. The van der Waals surface area contributed by atoms with Gasteiger partial charge in [0.2, 0.25) is 5.91 Å². The largest absolute Gasteiger partial charge is 0.383 e. The van der Waals surface area contributed by atoms with Crippen molar-refractivity contribution in [2.24, 2.45) is 0 Å². The third kappa shape index (κ3) is 5.01. The van der Waals surface area contributed by atoms with Gasteiger partial charge in [0.15, 0.2) is 0 Å². The summed E-state index contributed by atoms with van der Waals surface area (Å²) in [5.41, 5.74) is 2.14. The fourth-order valence-corrected chi connectivity index (χ4v) is 2.87. The Labute approximate surface area is 141 Å². The molecule has 1 aliphatic heterocycles. The van der Waals surface area contributed by atoms with Gasteiger partial charge in [0.05, 0.1) is 13.2 Å². The fourth-order valence-electron chi connectivity index (χ4n) is 2.28. The van der Waals surface area contributed by atoms with E-state index in [1.165, 1.54) is 0 Å². The predicted molar refractivity (Wildman–Crippen MR) is 87.6 cm³/mol. The van der Waals surface area contributed by atoms with Gasteiger partial charge in [0, 0.05) is 36.8 Å². The second-order valence-corrected chi connectivity index (χ2v) is 5.60. The van der Waals surface area contributed by atoms with Crippen molar-refractivity contribution in [3.63, 3.8) is 0 Å². The number of benzene rings is 1. The van der Waals surface area contributed by atoms with Gasteiger partial charge in [-0.15, -0.1) is 12.4 Å². The lowest BCUT2D eigenvalue weighted by Crippen LogP contribution is -2.41. The van der Waals surface area contributed by atoms with Crippen LogP contribution < -0.4 is 5.32 Å². The number of ether oxygens (including phenoxy) is 1. The number of fused-ring (bicyclic) bond motifs is 1. The summed E-state index contributed by atoms with van der Waals surface area (Å²) in [5.74, 6) is 0.0813. The van der Waals surface area contributed by atoms with Crippen molar-refractivity contribution in [3.8, 4) is 0 Å². The van der Waals surface area contributed by atoms with E-state index in [0.29, 0.717) is 42.8 Å². The van der Waals surface area contributed by atoms with Crippen LogP contribution in [-0.2, 0) is 22.5 Å². The molecular weight excluding hydrogens is 335 g/mol. The Balaban J connectivity index is 0.00000220. The number of amides is 1. The van der Waals surface area contributed by atoms with Gasteiger partial charge in [-0.1, -0.05) is 23.2 Å². The number of halogens is 3. The van der Waals surface area contributed by atoms with Crippen LogP contribution in [0.5, 0.6) is 0 Å². The maximum Gasteiger partial charge on any atom is 0.236 e. The molecule has 0 aromatic heterocycles. The third-order valence-corrected chi connectivity index (χ3v) is 3.92. The van der Waals surface area contributed by atoms with Crippen LogP contribution in [0.1, 0.15) is 11.1 Å². The highest BCUT2D eigenvalue weighted by Crippen LogP contribution is 2.29. The molecule has 0 saturated heterocycles. The van der Waals surface area contributed by atoms with E-state index in [-0.39, 0.29) is 18.3 Å². The van der Waals surface area contributed by atoms with E-state index in [1.54, 1.807) is 13.2 Å². The normalized spacial score (nSPS) is 13.6. The molecule has 1 aliphatic rings. The first-order chi connectivity index (χ1) is 9.61. The minimum atomic E-state index is 0. The molecule has 118 valence electrons. The highest BCUT2D eigenvalue weighted by atomic mass is 35.5. The Morgan fingerprint density at radius 1 is 1.43 bits per heavy atom. The maximum atomic E-state index is 12.1. The van der Waals surface area contributed by atoms with Crippen molar-refractivity contribution in [2.45, 2.75) is 13.0 Å². The van der Waals surface area contributed by atoms with Crippen LogP contribution in [0.3, 0.4) is 0 Å².